The van der Waals surface area contributed by atoms with Gasteiger partial charge in [-0.1, -0.05) is 18.2 Å². The first-order chi connectivity index (χ1) is 12.6. The molecule has 0 bridgehead atoms. The number of carbonyl (C=O) groups is 1. The van der Waals surface area contributed by atoms with Gasteiger partial charge < -0.3 is 10.2 Å². The molecular weight excluding hydrogens is 328 g/mol. The van der Waals surface area contributed by atoms with Crippen molar-refractivity contribution in [1.29, 1.82) is 0 Å². The van der Waals surface area contributed by atoms with Crippen LogP contribution in [0.25, 0.3) is 5.65 Å². The number of aryl methyl sites for hydroxylation is 2. The highest BCUT2D eigenvalue weighted by atomic mass is 16.1. The molecule has 3 heterocycles. The maximum absolute atomic E-state index is 12.6. The molecule has 1 atom stereocenters. The number of carbonyl (C=O) groups excluding carboxylic acids is 1. The standard InChI is InChI=1S/C19H22N6O/c1-13-6-3-4-8-16(13)19(26)20-15-7-5-11-24(12-15)18-10-9-17-22-21-14(2)25(17)23-18/h3-4,6,8-10,15H,5,7,11-12H2,1-2H3,(H,20,26). The van der Waals surface area contributed by atoms with Gasteiger partial charge in [-0.3, -0.25) is 4.79 Å². The Balaban J connectivity index is 1.49. The Morgan fingerprint density at radius 1 is 1.15 bits per heavy atom. The first kappa shape index (κ1) is 16.5. The van der Waals surface area contributed by atoms with Crippen LogP contribution in [-0.2, 0) is 0 Å². The summed E-state index contributed by atoms with van der Waals surface area (Å²) in [6.07, 6.45) is 1.99. The van der Waals surface area contributed by atoms with Gasteiger partial charge in [-0.2, -0.15) is 4.52 Å². The van der Waals surface area contributed by atoms with Crippen molar-refractivity contribution < 1.29 is 4.79 Å². The van der Waals surface area contributed by atoms with Crippen LogP contribution in [0.1, 0.15) is 34.6 Å². The Labute approximate surface area is 152 Å². The number of aromatic nitrogens is 4. The second-order valence-electron chi connectivity index (χ2n) is 6.78. The van der Waals surface area contributed by atoms with E-state index in [4.69, 9.17) is 0 Å². The molecule has 7 heteroatoms. The number of anilines is 1. The maximum atomic E-state index is 12.6. The fourth-order valence-corrected chi connectivity index (χ4v) is 3.45. The lowest BCUT2D eigenvalue weighted by atomic mass is 10.0. The third-order valence-corrected chi connectivity index (χ3v) is 4.87. The van der Waals surface area contributed by atoms with Crippen LogP contribution in [0.5, 0.6) is 0 Å². The van der Waals surface area contributed by atoms with Gasteiger partial charge >= 0.3 is 0 Å². The van der Waals surface area contributed by atoms with Crippen LogP contribution in [0.3, 0.4) is 0 Å². The molecule has 0 aliphatic carbocycles. The molecule has 134 valence electrons. The molecule has 0 saturated carbocycles. The summed E-state index contributed by atoms with van der Waals surface area (Å²) >= 11 is 0. The summed E-state index contributed by atoms with van der Waals surface area (Å²) in [5.41, 5.74) is 2.48. The summed E-state index contributed by atoms with van der Waals surface area (Å²) in [6.45, 7) is 5.52. The van der Waals surface area contributed by atoms with E-state index in [1.165, 1.54) is 0 Å². The highest BCUT2D eigenvalue weighted by Gasteiger charge is 2.23. The van der Waals surface area contributed by atoms with Crippen molar-refractivity contribution in [3.05, 3.63) is 53.3 Å². The van der Waals surface area contributed by atoms with Crippen LogP contribution in [0, 0.1) is 13.8 Å². The van der Waals surface area contributed by atoms with Gasteiger partial charge in [0.2, 0.25) is 0 Å². The Bertz CT molecular complexity index is 950. The summed E-state index contributed by atoms with van der Waals surface area (Å²) in [4.78, 5) is 14.8. The van der Waals surface area contributed by atoms with E-state index in [-0.39, 0.29) is 11.9 Å². The van der Waals surface area contributed by atoms with E-state index in [1.807, 2.05) is 50.2 Å². The van der Waals surface area contributed by atoms with Crippen LogP contribution in [0.15, 0.2) is 36.4 Å². The number of hydrogen-bond donors (Lipinski definition) is 1. The molecule has 1 aliphatic heterocycles. The molecule has 1 aliphatic rings. The van der Waals surface area contributed by atoms with Crippen molar-refractivity contribution in [1.82, 2.24) is 25.1 Å². The third-order valence-electron chi connectivity index (χ3n) is 4.87. The molecule has 0 radical (unpaired) electrons. The average molecular weight is 350 g/mol. The zero-order valence-corrected chi connectivity index (χ0v) is 15.0. The van der Waals surface area contributed by atoms with Crippen LogP contribution in [0.4, 0.5) is 5.82 Å². The Hall–Kier alpha value is -2.96. The van der Waals surface area contributed by atoms with Gasteiger partial charge in [-0.05, 0) is 50.5 Å². The smallest absolute Gasteiger partial charge is 0.251 e. The van der Waals surface area contributed by atoms with Gasteiger partial charge in [-0.15, -0.1) is 15.3 Å². The minimum Gasteiger partial charge on any atom is -0.353 e. The molecule has 7 nitrogen and oxygen atoms in total. The fourth-order valence-electron chi connectivity index (χ4n) is 3.45. The Morgan fingerprint density at radius 3 is 2.85 bits per heavy atom. The SMILES string of the molecule is Cc1ccccc1C(=O)NC1CCCN(c2ccc3nnc(C)n3n2)C1. The van der Waals surface area contributed by atoms with Crippen LogP contribution >= 0.6 is 0 Å². The van der Waals surface area contributed by atoms with Gasteiger partial charge in [0.25, 0.3) is 5.91 Å². The van der Waals surface area contributed by atoms with E-state index in [0.717, 1.165) is 54.3 Å². The molecule has 1 aromatic carbocycles. The Morgan fingerprint density at radius 2 is 2.00 bits per heavy atom. The van der Waals surface area contributed by atoms with E-state index in [2.05, 4.69) is 25.5 Å². The second kappa shape index (κ2) is 6.74. The quantitative estimate of drug-likeness (QED) is 0.783. The van der Waals surface area contributed by atoms with Crippen molar-refractivity contribution >= 4 is 17.4 Å². The van der Waals surface area contributed by atoms with Gasteiger partial charge in [0, 0.05) is 24.7 Å². The first-order valence-electron chi connectivity index (χ1n) is 8.92. The monoisotopic (exact) mass is 350 g/mol. The molecule has 3 aromatic rings. The van der Waals surface area contributed by atoms with Gasteiger partial charge in [0.05, 0.1) is 0 Å². The molecule has 1 saturated heterocycles. The summed E-state index contributed by atoms with van der Waals surface area (Å²) in [6, 6.07) is 11.7. The normalized spacial score (nSPS) is 17.5. The summed E-state index contributed by atoms with van der Waals surface area (Å²) in [5.74, 6) is 1.64. The third kappa shape index (κ3) is 3.12. The number of amides is 1. The predicted octanol–water partition coefficient (Wildman–Crippen LogP) is 2.14. The summed E-state index contributed by atoms with van der Waals surface area (Å²) in [5, 5.41) is 16.0. The predicted molar refractivity (Wildman–Crippen MR) is 99.4 cm³/mol. The van der Waals surface area contributed by atoms with Crippen molar-refractivity contribution in [3.8, 4) is 0 Å². The zero-order chi connectivity index (χ0) is 18.1. The van der Waals surface area contributed by atoms with Gasteiger partial charge in [-0.25, -0.2) is 0 Å². The largest absolute Gasteiger partial charge is 0.353 e. The molecule has 0 spiro atoms. The molecule has 1 N–H and O–H groups in total. The highest BCUT2D eigenvalue weighted by Crippen LogP contribution is 2.19. The molecule has 1 amide bonds. The van der Waals surface area contributed by atoms with E-state index in [9.17, 15) is 4.79 Å². The van der Waals surface area contributed by atoms with Crippen molar-refractivity contribution in [3.63, 3.8) is 0 Å². The molecular formula is C19H22N6O. The number of nitrogens with zero attached hydrogens (tertiary/aromatic N) is 5. The Kier molecular flexibility index (Phi) is 4.28. The number of fused-ring (bicyclic) bond motifs is 1. The van der Waals surface area contributed by atoms with Crippen LogP contribution in [0.2, 0.25) is 0 Å². The second-order valence-corrected chi connectivity index (χ2v) is 6.78. The maximum Gasteiger partial charge on any atom is 0.251 e. The van der Waals surface area contributed by atoms with Crippen LogP contribution in [-0.4, -0.2) is 44.8 Å². The molecule has 4 rings (SSSR count). The molecule has 1 unspecified atom stereocenters. The number of benzene rings is 1. The summed E-state index contributed by atoms with van der Waals surface area (Å²) < 4.78 is 1.75. The highest BCUT2D eigenvalue weighted by molar-refractivity contribution is 5.95. The average Bonchev–Trinajstić information content (AvgIpc) is 3.03. The number of hydrogen-bond acceptors (Lipinski definition) is 5. The first-order valence-corrected chi connectivity index (χ1v) is 8.92. The fraction of sp³-hybridized carbons (Fsp3) is 0.368. The van der Waals surface area contributed by atoms with Crippen molar-refractivity contribution in [2.24, 2.45) is 0 Å². The van der Waals surface area contributed by atoms with E-state index in [1.54, 1.807) is 4.52 Å². The summed E-state index contributed by atoms with van der Waals surface area (Å²) in [7, 11) is 0. The van der Waals surface area contributed by atoms with Gasteiger partial charge in [0.15, 0.2) is 11.5 Å². The van der Waals surface area contributed by atoms with Gasteiger partial charge in [0.1, 0.15) is 5.82 Å². The van der Waals surface area contributed by atoms with Crippen molar-refractivity contribution in [2.75, 3.05) is 18.0 Å². The minimum absolute atomic E-state index is 0.00647. The molecule has 1 fully saturated rings. The van der Waals surface area contributed by atoms with E-state index >= 15 is 0 Å². The van der Waals surface area contributed by atoms with E-state index in [0.29, 0.717) is 0 Å². The van der Waals surface area contributed by atoms with Crippen LogP contribution < -0.4 is 10.2 Å². The topological polar surface area (TPSA) is 75.4 Å². The zero-order valence-electron chi connectivity index (χ0n) is 15.0. The molecule has 26 heavy (non-hydrogen) atoms. The lowest BCUT2D eigenvalue weighted by Gasteiger charge is -2.34. The lowest BCUT2D eigenvalue weighted by Crippen LogP contribution is -2.48. The number of piperidine rings is 1. The number of nitrogens with one attached hydrogen (secondary N) is 1. The minimum atomic E-state index is -0.00647. The van der Waals surface area contributed by atoms with Crippen molar-refractivity contribution in [2.45, 2.75) is 32.7 Å². The lowest BCUT2D eigenvalue weighted by molar-refractivity contribution is 0.0932. The van der Waals surface area contributed by atoms with E-state index < -0.39 is 0 Å². The number of rotatable bonds is 3. The molecule has 2 aromatic heterocycles.